The molecule has 0 spiro atoms. The molecule has 0 N–H and O–H groups in total. The Hall–Kier alpha value is -3.61. The number of rotatable bonds is 4. The SMILES string of the molecule is C=Cc1ccnc(C(C)C)c1-n1c(=O)c(C#N)c(N2CCN(C(=O)OC(C)(C)C)CC2)c2cc(Cl)c(Cl)nc21. The van der Waals surface area contributed by atoms with E-state index in [-0.39, 0.29) is 27.3 Å². The average Bonchev–Trinajstić information content (AvgIpc) is 2.88. The van der Waals surface area contributed by atoms with Gasteiger partial charge in [-0.1, -0.05) is 49.7 Å². The van der Waals surface area contributed by atoms with Crippen LogP contribution in [-0.2, 0) is 4.74 Å². The predicted molar refractivity (Wildman–Crippen MR) is 154 cm³/mol. The summed E-state index contributed by atoms with van der Waals surface area (Å²) in [6.07, 6.45) is 2.88. The number of hydrogen-bond donors (Lipinski definition) is 0. The van der Waals surface area contributed by atoms with E-state index >= 15 is 0 Å². The Morgan fingerprint density at radius 3 is 2.44 bits per heavy atom. The number of aromatic nitrogens is 3. The van der Waals surface area contributed by atoms with Crippen molar-refractivity contribution in [2.75, 3.05) is 31.1 Å². The van der Waals surface area contributed by atoms with E-state index in [1.165, 1.54) is 4.57 Å². The smallest absolute Gasteiger partial charge is 0.410 e. The van der Waals surface area contributed by atoms with Gasteiger partial charge in [-0.2, -0.15) is 5.26 Å². The van der Waals surface area contributed by atoms with Gasteiger partial charge in [-0.05, 0) is 38.8 Å². The minimum atomic E-state index is -0.615. The van der Waals surface area contributed by atoms with Crippen molar-refractivity contribution >= 4 is 52.1 Å². The Bertz CT molecular complexity index is 1560. The average molecular weight is 569 g/mol. The maximum absolute atomic E-state index is 14.1. The van der Waals surface area contributed by atoms with E-state index in [0.29, 0.717) is 54.2 Å². The maximum atomic E-state index is 14.1. The van der Waals surface area contributed by atoms with Gasteiger partial charge in [0.1, 0.15) is 22.4 Å². The Labute approximate surface area is 237 Å². The number of nitriles is 1. The highest BCUT2D eigenvalue weighted by molar-refractivity contribution is 6.41. The third kappa shape index (κ3) is 5.45. The molecular weight excluding hydrogens is 539 g/mol. The lowest BCUT2D eigenvalue weighted by Crippen LogP contribution is -2.50. The molecular formula is C28H30Cl2N6O3. The molecule has 0 radical (unpaired) electrons. The second-order valence-corrected chi connectivity index (χ2v) is 11.3. The molecule has 39 heavy (non-hydrogen) atoms. The number of carbonyl (C=O) groups excluding carboxylic acids is 1. The number of ether oxygens (including phenoxy) is 1. The van der Waals surface area contributed by atoms with Crippen LogP contribution in [0.4, 0.5) is 10.5 Å². The van der Waals surface area contributed by atoms with Crippen molar-refractivity contribution in [2.24, 2.45) is 0 Å². The molecule has 0 aromatic carbocycles. The molecule has 0 bridgehead atoms. The standard InChI is InChI=1S/C28H30Cl2N6O3/c1-7-17-8-9-32-21(16(2)3)22(17)36-25-18(14-20(29)24(30)33-25)23(19(15-31)26(36)37)34-10-12-35(13-11-34)27(38)39-28(4,5)6/h7-9,14,16H,1,10-13H2,2-6H3. The van der Waals surface area contributed by atoms with Gasteiger partial charge in [0.2, 0.25) is 0 Å². The minimum absolute atomic E-state index is 0.0258. The molecule has 204 valence electrons. The molecule has 4 rings (SSSR count). The quantitative estimate of drug-likeness (QED) is 0.367. The van der Waals surface area contributed by atoms with Gasteiger partial charge in [-0.25, -0.2) is 9.78 Å². The summed E-state index contributed by atoms with van der Waals surface area (Å²) in [5.41, 5.74) is 1.20. The van der Waals surface area contributed by atoms with E-state index in [4.69, 9.17) is 27.9 Å². The number of pyridine rings is 3. The Kier molecular flexibility index (Phi) is 7.92. The summed E-state index contributed by atoms with van der Waals surface area (Å²) >= 11 is 12.8. The van der Waals surface area contributed by atoms with Crippen LogP contribution >= 0.6 is 23.2 Å². The predicted octanol–water partition coefficient (Wildman–Crippen LogP) is 5.78. The molecule has 0 aliphatic carbocycles. The van der Waals surface area contributed by atoms with Crippen LogP contribution in [0.15, 0.2) is 29.7 Å². The lowest BCUT2D eigenvalue weighted by molar-refractivity contribution is 0.0240. The largest absolute Gasteiger partial charge is 0.444 e. The van der Waals surface area contributed by atoms with E-state index in [2.05, 4.69) is 22.6 Å². The van der Waals surface area contributed by atoms with Crippen LogP contribution < -0.4 is 10.5 Å². The second-order valence-electron chi connectivity index (χ2n) is 10.6. The monoisotopic (exact) mass is 568 g/mol. The first kappa shape index (κ1) is 28.4. The molecule has 0 saturated carbocycles. The van der Waals surface area contributed by atoms with E-state index < -0.39 is 17.3 Å². The molecule has 1 aliphatic heterocycles. The van der Waals surface area contributed by atoms with Crippen LogP contribution in [-0.4, -0.2) is 57.3 Å². The number of carbonyl (C=O) groups is 1. The highest BCUT2D eigenvalue weighted by Crippen LogP contribution is 2.36. The molecule has 1 fully saturated rings. The van der Waals surface area contributed by atoms with E-state index in [0.717, 1.165) is 0 Å². The minimum Gasteiger partial charge on any atom is -0.444 e. The molecule has 3 aromatic heterocycles. The summed E-state index contributed by atoms with van der Waals surface area (Å²) in [6.45, 7) is 14.7. The number of anilines is 1. The zero-order valence-corrected chi connectivity index (χ0v) is 24.1. The number of halogens is 2. The molecule has 11 heteroatoms. The van der Waals surface area contributed by atoms with Crippen molar-refractivity contribution in [2.45, 2.75) is 46.1 Å². The van der Waals surface area contributed by atoms with Gasteiger partial charge in [0.15, 0.2) is 5.65 Å². The van der Waals surface area contributed by atoms with Crippen molar-refractivity contribution in [1.82, 2.24) is 19.4 Å². The van der Waals surface area contributed by atoms with Crippen molar-refractivity contribution < 1.29 is 9.53 Å². The van der Waals surface area contributed by atoms with E-state index in [1.54, 1.807) is 29.3 Å². The third-order valence-electron chi connectivity index (χ3n) is 6.37. The number of hydrogen-bond acceptors (Lipinski definition) is 7. The lowest BCUT2D eigenvalue weighted by atomic mass is 10.0. The molecule has 1 amide bonds. The second kappa shape index (κ2) is 10.9. The Morgan fingerprint density at radius 1 is 1.21 bits per heavy atom. The molecule has 1 aliphatic rings. The van der Waals surface area contributed by atoms with Crippen LogP contribution in [0.25, 0.3) is 22.8 Å². The van der Waals surface area contributed by atoms with E-state index in [1.807, 2.05) is 39.5 Å². The van der Waals surface area contributed by atoms with Gasteiger partial charge >= 0.3 is 6.09 Å². The van der Waals surface area contributed by atoms with E-state index in [9.17, 15) is 14.9 Å². The highest BCUT2D eigenvalue weighted by atomic mass is 35.5. The summed E-state index contributed by atoms with van der Waals surface area (Å²) in [7, 11) is 0. The first-order valence-electron chi connectivity index (χ1n) is 12.6. The van der Waals surface area contributed by atoms with Crippen molar-refractivity contribution in [1.29, 1.82) is 5.26 Å². The summed E-state index contributed by atoms with van der Waals surface area (Å²) in [5, 5.41) is 11.0. The number of nitrogens with zero attached hydrogens (tertiary/aromatic N) is 6. The lowest BCUT2D eigenvalue weighted by Gasteiger charge is -2.37. The van der Waals surface area contributed by atoms with Gasteiger partial charge in [-0.3, -0.25) is 14.3 Å². The Balaban J connectivity index is 1.94. The highest BCUT2D eigenvalue weighted by Gasteiger charge is 2.31. The summed E-state index contributed by atoms with van der Waals surface area (Å²) in [5.74, 6) is -0.0456. The molecule has 0 atom stereocenters. The molecule has 9 nitrogen and oxygen atoms in total. The van der Waals surface area contributed by atoms with Crippen molar-refractivity contribution in [3.63, 3.8) is 0 Å². The zero-order valence-electron chi connectivity index (χ0n) is 22.6. The zero-order chi connectivity index (χ0) is 28.6. The van der Waals surface area contributed by atoms with Crippen LogP contribution in [0.5, 0.6) is 0 Å². The summed E-state index contributed by atoms with van der Waals surface area (Å²) < 4.78 is 6.89. The van der Waals surface area contributed by atoms with Gasteiger partial charge in [0.05, 0.1) is 22.1 Å². The first-order chi connectivity index (χ1) is 18.4. The normalized spacial score (nSPS) is 14.0. The maximum Gasteiger partial charge on any atom is 0.410 e. The molecule has 0 unspecified atom stereocenters. The van der Waals surface area contributed by atoms with Crippen LogP contribution in [0, 0.1) is 11.3 Å². The van der Waals surface area contributed by atoms with Crippen LogP contribution in [0.3, 0.4) is 0 Å². The fraction of sp³-hybridized carbons (Fsp3) is 0.393. The number of amides is 1. The fourth-order valence-electron chi connectivity index (χ4n) is 4.64. The summed E-state index contributed by atoms with van der Waals surface area (Å²) in [4.78, 5) is 39.3. The molecule has 3 aromatic rings. The first-order valence-corrected chi connectivity index (χ1v) is 13.3. The Morgan fingerprint density at radius 2 is 1.87 bits per heavy atom. The van der Waals surface area contributed by atoms with Crippen LogP contribution in [0.2, 0.25) is 10.2 Å². The van der Waals surface area contributed by atoms with Gasteiger partial charge in [0.25, 0.3) is 5.56 Å². The van der Waals surface area contributed by atoms with Crippen LogP contribution in [0.1, 0.15) is 57.4 Å². The van der Waals surface area contributed by atoms with Gasteiger partial charge < -0.3 is 14.5 Å². The fourth-order valence-corrected chi connectivity index (χ4v) is 4.92. The molecule has 4 heterocycles. The number of piperazine rings is 1. The molecule has 1 saturated heterocycles. The number of fused-ring (bicyclic) bond motifs is 1. The van der Waals surface area contributed by atoms with Gasteiger partial charge in [-0.15, -0.1) is 0 Å². The van der Waals surface area contributed by atoms with Crippen molar-refractivity contribution in [3.8, 4) is 11.8 Å². The van der Waals surface area contributed by atoms with Gasteiger partial charge in [0, 0.05) is 43.3 Å². The summed E-state index contributed by atoms with van der Waals surface area (Å²) in [6, 6.07) is 5.49. The topological polar surface area (TPSA) is 104 Å². The third-order valence-corrected chi connectivity index (χ3v) is 7.04. The van der Waals surface area contributed by atoms with Crippen molar-refractivity contribution in [3.05, 3.63) is 62.3 Å².